The summed E-state index contributed by atoms with van der Waals surface area (Å²) in [5.41, 5.74) is 7.78. The lowest BCUT2D eigenvalue weighted by Crippen LogP contribution is -2.39. The van der Waals surface area contributed by atoms with E-state index < -0.39 is 0 Å². The summed E-state index contributed by atoms with van der Waals surface area (Å²) >= 11 is 12.3. The van der Waals surface area contributed by atoms with E-state index in [0.29, 0.717) is 27.8 Å². The molecule has 0 aromatic heterocycles. The maximum Gasteiger partial charge on any atom is 0.234 e. The molecule has 5 nitrogen and oxygen atoms in total. The number of nitrogens with zero attached hydrogens (tertiary/aromatic N) is 1. The molecule has 0 saturated carbocycles. The molecule has 1 atom stereocenters. The highest BCUT2D eigenvalue weighted by Gasteiger charge is 2.28. The highest BCUT2D eigenvalue weighted by atomic mass is 35.5. The normalized spacial score (nSPS) is 17.0. The average Bonchev–Trinajstić information content (AvgIpc) is 3.07. The standard InChI is InChI=1S/C20H21Cl2N3O2/c21-16-6-2-7-17(22)15(16)11-19(26)24-14-5-1-4-13(10-14)12-25-9-3-8-18(25)20(23)27/h1-2,4-7,10,18H,3,8-9,11-12H2,(H2,23,27)(H,24,26)/t18-/m1/s1. The zero-order valence-electron chi connectivity index (χ0n) is 14.8. The van der Waals surface area contributed by atoms with Crippen molar-refractivity contribution in [1.29, 1.82) is 0 Å². The molecule has 27 heavy (non-hydrogen) atoms. The molecule has 0 bridgehead atoms. The lowest BCUT2D eigenvalue weighted by molar-refractivity contribution is -0.122. The van der Waals surface area contributed by atoms with Gasteiger partial charge in [0.15, 0.2) is 0 Å². The molecule has 1 aliphatic rings. The van der Waals surface area contributed by atoms with Crippen molar-refractivity contribution < 1.29 is 9.59 Å². The Kier molecular flexibility index (Phi) is 6.37. The van der Waals surface area contributed by atoms with Gasteiger partial charge in [-0.05, 0) is 54.8 Å². The maximum absolute atomic E-state index is 12.4. The van der Waals surface area contributed by atoms with Crippen molar-refractivity contribution in [3.63, 3.8) is 0 Å². The number of hydrogen-bond donors (Lipinski definition) is 2. The summed E-state index contributed by atoms with van der Waals surface area (Å²) in [6.07, 6.45) is 1.85. The predicted molar refractivity (Wildman–Crippen MR) is 108 cm³/mol. The second kappa shape index (κ2) is 8.74. The average molecular weight is 406 g/mol. The zero-order chi connectivity index (χ0) is 19.4. The molecule has 1 fully saturated rings. The summed E-state index contributed by atoms with van der Waals surface area (Å²) in [6.45, 7) is 1.46. The van der Waals surface area contributed by atoms with Gasteiger partial charge in [-0.3, -0.25) is 14.5 Å². The van der Waals surface area contributed by atoms with Gasteiger partial charge in [-0.15, -0.1) is 0 Å². The van der Waals surface area contributed by atoms with Crippen molar-refractivity contribution in [2.45, 2.75) is 31.8 Å². The number of likely N-dealkylation sites (tertiary alicyclic amines) is 1. The van der Waals surface area contributed by atoms with E-state index in [1.54, 1.807) is 18.2 Å². The zero-order valence-corrected chi connectivity index (χ0v) is 16.3. The third-order valence-corrected chi connectivity index (χ3v) is 5.40. The summed E-state index contributed by atoms with van der Waals surface area (Å²) in [5.74, 6) is -0.480. The molecule has 2 aromatic carbocycles. The molecule has 1 heterocycles. The number of amides is 2. The summed E-state index contributed by atoms with van der Waals surface area (Å²) in [4.78, 5) is 26.0. The SMILES string of the molecule is NC(=O)[C@H]1CCCN1Cc1cccc(NC(=O)Cc2c(Cl)cccc2Cl)c1. The first-order chi connectivity index (χ1) is 12.9. The van der Waals surface area contributed by atoms with Crippen LogP contribution in [0.3, 0.4) is 0 Å². The molecule has 0 spiro atoms. The van der Waals surface area contributed by atoms with Crippen LogP contribution >= 0.6 is 23.2 Å². The van der Waals surface area contributed by atoms with Gasteiger partial charge in [-0.1, -0.05) is 41.4 Å². The van der Waals surface area contributed by atoms with Crippen LogP contribution in [0.25, 0.3) is 0 Å². The number of anilines is 1. The number of benzene rings is 2. The number of halogens is 2. The Morgan fingerprint density at radius 1 is 1.15 bits per heavy atom. The Morgan fingerprint density at radius 3 is 2.56 bits per heavy atom. The highest BCUT2D eigenvalue weighted by Crippen LogP contribution is 2.25. The van der Waals surface area contributed by atoms with Crippen molar-refractivity contribution >= 4 is 40.7 Å². The van der Waals surface area contributed by atoms with Crippen LogP contribution in [0.2, 0.25) is 10.0 Å². The summed E-state index contributed by atoms with van der Waals surface area (Å²) < 4.78 is 0. The van der Waals surface area contributed by atoms with Gasteiger partial charge in [0.2, 0.25) is 11.8 Å². The summed E-state index contributed by atoms with van der Waals surface area (Å²) in [6, 6.07) is 12.5. The fourth-order valence-corrected chi connectivity index (χ4v) is 3.92. The minimum atomic E-state index is -0.284. The van der Waals surface area contributed by atoms with E-state index in [-0.39, 0.29) is 24.3 Å². The van der Waals surface area contributed by atoms with Gasteiger partial charge >= 0.3 is 0 Å². The van der Waals surface area contributed by atoms with Crippen molar-refractivity contribution in [2.75, 3.05) is 11.9 Å². The van der Waals surface area contributed by atoms with E-state index in [1.807, 2.05) is 24.3 Å². The molecule has 0 aliphatic carbocycles. The number of carbonyl (C=O) groups is 2. The number of primary amides is 1. The van der Waals surface area contributed by atoms with Crippen LogP contribution in [0.1, 0.15) is 24.0 Å². The van der Waals surface area contributed by atoms with Gasteiger partial charge in [0.05, 0.1) is 12.5 Å². The van der Waals surface area contributed by atoms with E-state index in [9.17, 15) is 9.59 Å². The van der Waals surface area contributed by atoms with Gasteiger partial charge < -0.3 is 11.1 Å². The predicted octanol–water partition coefficient (Wildman–Crippen LogP) is 3.62. The van der Waals surface area contributed by atoms with Gasteiger partial charge in [0.1, 0.15) is 0 Å². The Morgan fingerprint density at radius 2 is 1.85 bits per heavy atom. The highest BCUT2D eigenvalue weighted by molar-refractivity contribution is 6.36. The third-order valence-electron chi connectivity index (χ3n) is 4.69. The Bertz CT molecular complexity index is 837. The molecule has 3 rings (SSSR count). The quantitative estimate of drug-likeness (QED) is 0.770. The number of nitrogens with one attached hydrogen (secondary N) is 1. The van der Waals surface area contributed by atoms with Gasteiger partial charge in [-0.25, -0.2) is 0 Å². The molecule has 142 valence electrons. The van der Waals surface area contributed by atoms with Crippen LogP contribution in [0.4, 0.5) is 5.69 Å². The van der Waals surface area contributed by atoms with Crippen molar-refractivity contribution in [3.05, 3.63) is 63.6 Å². The smallest absolute Gasteiger partial charge is 0.234 e. The molecular formula is C20H21Cl2N3O2. The minimum absolute atomic E-state index is 0.0958. The van der Waals surface area contributed by atoms with E-state index >= 15 is 0 Å². The number of carbonyl (C=O) groups excluding carboxylic acids is 2. The van der Waals surface area contributed by atoms with Crippen molar-refractivity contribution in [2.24, 2.45) is 5.73 Å². The van der Waals surface area contributed by atoms with Crippen molar-refractivity contribution in [1.82, 2.24) is 4.90 Å². The van der Waals surface area contributed by atoms with E-state index in [2.05, 4.69) is 10.2 Å². The Balaban J connectivity index is 1.65. The summed E-state index contributed by atoms with van der Waals surface area (Å²) in [5, 5.41) is 3.82. The first-order valence-corrected chi connectivity index (χ1v) is 9.54. The first-order valence-electron chi connectivity index (χ1n) is 8.79. The second-order valence-corrected chi connectivity index (χ2v) is 7.47. The number of nitrogens with two attached hydrogens (primary N) is 1. The minimum Gasteiger partial charge on any atom is -0.368 e. The number of rotatable bonds is 6. The largest absolute Gasteiger partial charge is 0.368 e. The fourth-order valence-electron chi connectivity index (χ4n) is 3.39. The fraction of sp³-hybridized carbons (Fsp3) is 0.300. The van der Waals surface area contributed by atoms with Crippen LogP contribution in [-0.2, 0) is 22.6 Å². The van der Waals surface area contributed by atoms with Crippen LogP contribution in [0, 0.1) is 0 Å². The molecular weight excluding hydrogens is 385 g/mol. The van der Waals surface area contributed by atoms with Crippen LogP contribution in [0.15, 0.2) is 42.5 Å². The molecule has 2 amide bonds. The van der Waals surface area contributed by atoms with Crippen LogP contribution in [0.5, 0.6) is 0 Å². The Hall–Kier alpha value is -2.08. The molecule has 3 N–H and O–H groups in total. The van der Waals surface area contributed by atoms with Crippen molar-refractivity contribution in [3.8, 4) is 0 Å². The van der Waals surface area contributed by atoms with Crippen LogP contribution in [-0.4, -0.2) is 29.3 Å². The first kappa shape index (κ1) is 19.7. The van der Waals surface area contributed by atoms with Gasteiger partial charge in [0, 0.05) is 22.3 Å². The van der Waals surface area contributed by atoms with E-state index in [0.717, 1.165) is 24.9 Å². The lowest BCUT2D eigenvalue weighted by Gasteiger charge is -2.22. The molecule has 7 heteroatoms. The number of hydrogen-bond acceptors (Lipinski definition) is 3. The van der Waals surface area contributed by atoms with E-state index in [4.69, 9.17) is 28.9 Å². The molecule has 0 unspecified atom stereocenters. The maximum atomic E-state index is 12.4. The summed E-state index contributed by atoms with van der Waals surface area (Å²) in [7, 11) is 0. The van der Waals surface area contributed by atoms with Crippen LogP contribution < -0.4 is 11.1 Å². The topological polar surface area (TPSA) is 75.4 Å². The molecule has 1 aliphatic heterocycles. The molecule has 1 saturated heterocycles. The Labute approximate surface area is 168 Å². The van der Waals surface area contributed by atoms with Gasteiger partial charge in [-0.2, -0.15) is 0 Å². The lowest BCUT2D eigenvalue weighted by atomic mass is 10.1. The monoisotopic (exact) mass is 405 g/mol. The molecule has 2 aromatic rings. The van der Waals surface area contributed by atoms with E-state index in [1.165, 1.54) is 0 Å². The molecule has 0 radical (unpaired) electrons. The second-order valence-electron chi connectivity index (χ2n) is 6.66. The third kappa shape index (κ3) is 5.01. The van der Waals surface area contributed by atoms with Gasteiger partial charge in [0.25, 0.3) is 0 Å².